The van der Waals surface area contributed by atoms with E-state index in [0.29, 0.717) is 18.0 Å². The number of rotatable bonds is 6. The van der Waals surface area contributed by atoms with Gasteiger partial charge in [0.1, 0.15) is 0 Å². The molecule has 0 saturated carbocycles. The van der Waals surface area contributed by atoms with E-state index in [1.807, 2.05) is 13.0 Å². The van der Waals surface area contributed by atoms with Crippen molar-refractivity contribution in [3.63, 3.8) is 0 Å². The molecule has 0 aliphatic carbocycles. The highest BCUT2D eigenvalue weighted by Crippen LogP contribution is 2.21. The molecule has 0 fully saturated rings. The van der Waals surface area contributed by atoms with Crippen LogP contribution in [-0.4, -0.2) is 33.1 Å². The van der Waals surface area contributed by atoms with Gasteiger partial charge in [-0.1, -0.05) is 6.92 Å². The Hall–Kier alpha value is -2.15. The summed E-state index contributed by atoms with van der Waals surface area (Å²) in [6, 6.07) is 1.93. The van der Waals surface area contributed by atoms with Crippen LogP contribution in [0.25, 0.3) is 0 Å². The van der Waals surface area contributed by atoms with Gasteiger partial charge in [0.25, 0.3) is 5.91 Å². The SMILES string of the molecule is CCc1cc(C(=O)NCCn2cnc(C(=O)O)c2)sc1C. The third kappa shape index (κ3) is 3.69. The summed E-state index contributed by atoms with van der Waals surface area (Å²) in [4.78, 5) is 28.3. The lowest BCUT2D eigenvalue weighted by Crippen LogP contribution is -2.26. The molecule has 2 aromatic rings. The molecular weight excluding hydrogens is 290 g/mol. The van der Waals surface area contributed by atoms with Crippen LogP contribution < -0.4 is 5.32 Å². The molecule has 2 aromatic heterocycles. The summed E-state index contributed by atoms with van der Waals surface area (Å²) in [5, 5.41) is 11.6. The Balaban J connectivity index is 1.87. The van der Waals surface area contributed by atoms with E-state index in [-0.39, 0.29) is 11.6 Å². The number of aromatic carboxylic acids is 1. The van der Waals surface area contributed by atoms with E-state index in [1.54, 1.807) is 4.57 Å². The van der Waals surface area contributed by atoms with Gasteiger partial charge in [-0.05, 0) is 25.0 Å². The van der Waals surface area contributed by atoms with Crippen LogP contribution in [0.3, 0.4) is 0 Å². The lowest BCUT2D eigenvalue weighted by molar-refractivity contribution is 0.0690. The average molecular weight is 307 g/mol. The van der Waals surface area contributed by atoms with E-state index in [2.05, 4.69) is 17.2 Å². The van der Waals surface area contributed by atoms with Crippen LogP contribution in [0.2, 0.25) is 0 Å². The second-order valence-corrected chi connectivity index (χ2v) is 5.86. The fraction of sp³-hybridized carbons (Fsp3) is 0.357. The smallest absolute Gasteiger partial charge is 0.356 e. The van der Waals surface area contributed by atoms with Gasteiger partial charge in [-0.15, -0.1) is 11.3 Å². The number of aromatic nitrogens is 2. The van der Waals surface area contributed by atoms with Crippen molar-refractivity contribution in [2.45, 2.75) is 26.8 Å². The number of nitrogens with one attached hydrogen (secondary N) is 1. The molecule has 0 atom stereocenters. The zero-order valence-electron chi connectivity index (χ0n) is 11.9. The molecule has 1 amide bonds. The highest BCUT2D eigenvalue weighted by atomic mass is 32.1. The van der Waals surface area contributed by atoms with Gasteiger partial charge in [0, 0.05) is 24.2 Å². The molecule has 0 radical (unpaired) electrons. The first-order chi connectivity index (χ1) is 10.0. The van der Waals surface area contributed by atoms with Crippen LogP contribution in [0.5, 0.6) is 0 Å². The van der Waals surface area contributed by atoms with Crippen molar-refractivity contribution in [1.29, 1.82) is 0 Å². The van der Waals surface area contributed by atoms with Gasteiger partial charge in [-0.2, -0.15) is 0 Å². The van der Waals surface area contributed by atoms with E-state index in [4.69, 9.17) is 5.11 Å². The Morgan fingerprint density at radius 3 is 2.81 bits per heavy atom. The van der Waals surface area contributed by atoms with E-state index >= 15 is 0 Å². The van der Waals surface area contributed by atoms with Crippen molar-refractivity contribution in [3.8, 4) is 0 Å². The van der Waals surface area contributed by atoms with Gasteiger partial charge in [0.2, 0.25) is 0 Å². The number of carbonyl (C=O) groups is 2. The summed E-state index contributed by atoms with van der Waals surface area (Å²) in [6.45, 7) is 4.98. The fourth-order valence-electron chi connectivity index (χ4n) is 1.96. The van der Waals surface area contributed by atoms with Crippen molar-refractivity contribution < 1.29 is 14.7 Å². The van der Waals surface area contributed by atoms with Gasteiger partial charge >= 0.3 is 5.97 Å². The maximum Gasteiger partial charge on any atom is 0.356 e. The largest absolute Gasteiger partial charge is 0.476 e. The van der Waals surface area contributed by atoms with E-state index in [1.165, 1.54) is 34.3 Å². The number of hydrogen-bond acceptors (Lipinski definition) is 4. The zero-order chi connectivity index (χ0) is 15.4. The van der Waals surface area contributed by atoms with Gasteiger partial charge in [-0.3, -0.25) is 4.79 Å². The number of thiophene rings is 1. The average Bonchev–Trinajstić information content (AvgIpc) is 3.05. The Morgan fingerprint density at radius 1 is 1.48 bits per heavy atom. The molecular formula is C14H17N3O3S. The van der Waals surface area contributed by atoms with Gasteiger partial charge in [0.15, 0.2) is 5.69 Å². The maximum absolute atomic E-state index is 12.0. The zero-order valence-corrected chi connectivity index (χ0v) is 12.7. The highest BCUT2D eigenvalue weighted by Gasteiger charge is 2.11. The van der Waals surface area contributed by atoms with Gasteiger partial charge in [-0.25, -0.2) is 9.78 Å². The summed E-state index contributed by atoms with van der Waals surface area (Å²) in [5.74, 6) is -1.15. The third-order valence-electron chi connectivity index (χ3n) is 3.13. The molecule has 0 unspecified atom stereocenters. The molecule has 112 valence electrons. The molecule has 0 aliphatic rings. The minimum absolute atomic E-state index is 0.00259. The number of amides is 1. The summed E-state index contributed by atoms with van der Waals surface area (Å²) < 4.78 is 1.64. The lowest BCUT2D eigenvalue weighted by atomic mass is 10.2. The number of carboxylic acid groups (broad SMARTS) is 1. The van der Waals surface area contributed by atoms with E-state index in [0.717, 1.165) is 6.42 Å². The molecule has 0 aliphatic heterocycles. The lowest BCUT2D eigenvalue weighted by Gasteiger charge is -2.04. The number of nitrogens with zero attached hydrogens (tertiary/aromatic N) is 2. The topological polar surface area (TPSA) is 84.2 Å². The molecule has 7 heteroatoms. The van der Waals surface area contributed by atoms with Crippen molar-refractivity contribution in [2.24, 2.45) is 0 Å². The van der Waals surface area contributed by atoms with Crippen molar-refractivity contribution >= 4 is 23.2 Å². The van der Waals surface area contributed by atoms with Crippen LogP contribution in [0.15, 0.2) is 18.6 Å². The van der Waals surface area contributed by atoms with Crippen molar-refractivity contribution in [1.82, 2.24) is 14.9 Å². The summed E-state index contributed by atoms with van der Waals surface area (Å²) in [5.41, 5.74) is 1.20. The minimum atomic E-state index is -1.06. The van der Waals surface area contributed by atoms with Crippen LogP contribution in [0.1, 0.15) is 37.5 Å². The van der Waals surface area contributed by atoms with E-state index in [9.17, 15) is 9.59 Å². The Bertz CT molecular complexity index is 660. The third-order valence-corrected chi connectivity index (χ3v) is 4.22. The monoisotopic (exact) mass is 307 g/mol. The highest BCUT2D eigenvalue weighted by molar-refractivity contribution is 7.14. The molecule has 2 heterocycles. The summed E-state index contributed by atoms with van der Waals surface area (Å²) >= 11 is 1.49. The first kappa shape index (κ1) is 15.2. The second kappa shape index (κ2) is 6.53. The first-order valence-electron chi connectivity index (χ1n) is 6.63. The Labute approximate surface area is 126 Å². The summed E-state index contributed by atoms with van der Waals surface area (Å²) in [6.07, 6.45) is 3.81. The second-order valence-electron chi connectivity index (χ2n) is 4.60. The fourth-order valence-corrected chi connectivity index (χ4v) is 2.99. The Kier molecular flexibility index (Phi) is 4.74. The summed E-state index contributed by atoms with van der Waals surface area (Å²) in [7, 11) is 0. The number of carbonyl (C=O) groups excluding carboxylic acids is 1. The maximum atomic E-state index is 12.0. The molecule has 2 N–H and O–H groups in total. The van der Waals surface area contributed by atoms with Crippen molar-refractivity contribution in [2.75, 3.05) is 6.54 Å². The predicted octanol–water partition coefficient (Wildman–Crippen LogP) is 1.94. The molecule has 21 heavy (non-hydrogen) atoms. The van der Waals surface area contributed by atoms with Crippen molar-refractivity contribution in [3.05, 3.63) is 39.6 Å². The predicted molar refractivity (Wildman–Crippen MR) is 80.0 cm³/mol. The van der Waals surface area contributed by atoms with Crippen LogP contribution in [-0.2, 0) is 13.0 Å². The Morgan fingerprint density at radius 2 is 2.24 bits per heavy atom. The molecule has 0 aromatic carbocycles. The van der Waals surface area contributed by atoms with Gasteiger partial charge < -0.3 is 15.0 Å². The number of aryl methyl sites for hydroxylation is 2. The normalized spacial score (nSPS) is 10.6. The standard InChI is InChI=1S/C14H17N3O3S/c1-3-10-6-12(21-9(10)2)13(18)15-4-5-17-7-11(14(19)20)16-8-17/h6-8H,3-5H2,1-2H3,(H,15,18)(H,19,20). The first-order valence-corrected chi connectivity index (χ1v) is 7.45. The van der Waals surface area contributed by atoms with Crippen LogP contribution >= 0.6 is 11.3 Å². The quantitative estimate of drug-likeness (QED) is 0.854. The molecule has 6 nitrogen and oxygen atoms in total. The minimum Gasteiger partial charge on any atom is -0.476 e. The van der Waals surface area contributed by atoms with Crippen LogP contribution in [0, 0.1) is 6.92 Å². The van der Waals surface area contributed by atoms with E-state index < -0.39 is 5.97 Å². The van der Waals surface area contributed by atoms with Gasteiger partial charge in [0.05, 0.1) is 11.2 Å². The van der Waals surface area contributed by atoms with Crippen LogP contribution in [0.4, 0.5) is 0 Å². The number of carboxylic acids is 1. The molecule has 2 rings (SSSR count). The molecule has 0 spiro atoms. The molecule has 0 saturated heterocycles. The number of hydrogen-bond donors (Lipinski definition) is 2. The molecule has 0 bridgehead atoms. The number of imidazole rings is 1.